The highest BCUT2D eigenvalue weighted by Gasteiger charge is 2.45. The minimum absolute atomic E-state index is 0. The Labute approximate surface area is 85.0 Å². The number of aliphatic hydroxyl groups excluding tert-OH is 1. The zero-order valence-electron chi connectivity index (χ0n) is 9.05. The largest absolute Gasteiger partial charge is 0.394 e. The Kier molecular flexibility index (Phi) is 3.32. The molecule has 0 bridgehead atoms. The molecule has 0 amide bonds. The van der Waals surface area contributed by atoms with Gasteiger partial charge in [0.2, 0.25) is 0 Å². The summed E-state index contributed by atoms with van der Waals surface area (Å²) in [5.74, 6) is 0. The van der Waals surface area contributed by atoms with Gasteiger partial charge in [0.15, 0.2) is 0 Å². The fourth-order valence-corrected chi connectivity index (χ4v) is 2.69. The lowest BCUT2D eigenvalue weighted by Gasteiger charge is -2.28. The minimum atomic E-state index is 0. The van der Waals surface area contributed by atoms with Crippen molar-refractivity contribution in [2.24, 2.45) is 0 Å². The molecule has 0 radical (unpaired) electrons. The van der Waals surface area contributed by atoms with Crippen LogP contribution in [0.1, 0.15) is 33.1 Å². The van der Waals surface area contributed by atoms with E-state index in [2.05, 4.69) is 18.7 Å². The van der Waals surface area contributed by atoms with Crippen molar-refractivity contribution in [3.63, 3.8) is 0 Å². The third-order valence-electron chi connectivity index (χ3n) is 3.67. The van der Waals surface area contributed by atoms with Crippen LogP contribution in [0, 0.1) is 0 Å². The Morgan fingerprint density at radius 3 is 2.71 bits per heavy atom. The van der Waals surface area contributed by atoms with E-state index in [1.54, 1.807) is 5.57 Å². The van der Waals surface area contributed by atoms with Crippen LogP contribution in [0.3, 0.4) is 0 Å². The van der Waals surface area contributed by atoms with E-state index in [0.717, 1.165) is 13.0 Å². The van der Waals surface area contributed by atoms with Gasteiger partial charge >= 0.3 is 0 Å². The summed E-state index contributed by atoms with van der Waals surface area (Å²) in [5.41, 5.74) is 3.13. The fourth-order valence-electron chi connectivity index (χ4n) is 2.69. The standard InChI is InChI=1S/C11H19NO.FH/c1-9(2)10-6-11(8-13)4-3-5-12(11)7-10;/h13H,3-8H2,1-2H3;1H/t11-;/m0./s1. The lowest BCUT2D eigenvalue weighted by atomic mass is 9.92. The summed E-state index contributed by atoms with van der Waals surface area (Å²) in [7, 11) is 0. The fraction of sp³-hybridized carbons (Fsp3) is 0.818. The molecule has 2 nitrogen and oxygen atoms in total. The van der Waals surface area contributed by atoms with E-state index in [-0.39, 0.29) is 10.2 Å². The van der Waals surface area contributed by atoms with Crippen molar-refractivity contribution in [1.82, 2.24) is 4.90 Å². The average Bonchev–Trinajstić information content (AvgIpc) is 2.58. The highest BCUT2D eigenvalue weighted by molar-refractivity contribution is 5.24. The summed E-state index contributed by atoms with van der Waals surface area (Å²) >= 11 is 0. The molecule has 0 aromatic heterocycles. The summed E-state index contributed by atoms with van der Waals surface area (Å²) in [5, 5.41) is 9.46. The first-order valence-corrected chi connectivity index (χ1v) is 5.19. The van der Waals surface area contributed by atoms with Gasteiger partial charge in [-0.1, -0.05) is 11.1 Å². The second-order valence-corrected chi connectivity index (χ2v) is 4.69. The van der Waals surface area contributed by atoms with E-state index in [9.17, 15) is 5.11 Å². The highest BCUT2D eigenvalue weighted by atomic mass is 19.0. The van der Waals surface area contributed by atoms with Crippen molar-refractivity contribution >= 4 is 0 Å². The predicted octanol–water partition coefficient (Wildman–Crippen LogP) is 1.71. The van der Waals surface area contributed by atoms with E-state index in [1.165, 1.54) is 25.0 Å². The number of hydrogen-bond donors (Lipinski definition) is 1. The Morgan fingerprint density at radius 2 is 2.21 bits per heavy atom. The Bertz CT molecular complexity index is 248. The minimum Gasteiger partial charge on any atom is -0.394 e. The van der Waals surface area contributed by atoms with Crippen LogP contribution < -0.4 is 0 Å². The molecule has 1 atom stereocenters. The predicted molar refractivity (Wildman–Crippen MR) is 56.1 cm³/mol. The van der Waals surface area contributed by atoms with Crippen LogP contribution in [0.25, 0.3) is 0 Å². The van der Waals surface area contributed by atoms with Gasteiger partial charge in [0.05, 0.1) is 6.61 Å². The van der Waals surface area contributed by atoms with Crippen molar-refractivity contribution in [2.75, 3.05) is 19.7 Å². The number of hydrogen-bond acceptors (Lipinski definition) is 2. The molecule has 2 rings (SSSR count). The number of aliphatic hydroxyl groups is 1. The maximum absolute atomic E-state index is 9.46. The van der Waals surface area contributed by atoms with Gasteiger partial charge in [-0.3, -0.25) is 9.60 Å². The number of halogens is 1. The van der Waals surface area contributed by atoms with Crippen molar-refractivity contribution in [3.05, 3.63) is 11.1 Å². The molecular weight excluding hydrogens is 181 g/mol. The first-order chi connectivity index (χ1) is 6.18. The third-order valence-corrected chi connectivity index (χ3v) is 3.67. The van der Waals surface area contributed by atoms with E-state index < -0.39 is 0 Å². The van der Waals surface area contributed by atoms with Gasteiger partial charge in [-0.15, -0.1) is 0 Å². The number of allylic oxidation sites excluding steroid dienone is 1. The third kappa shape index (κ3) is 1.59. The second kappa shape index (κ2) is 3.99. The van der Waals surface area contributed by atoms with Crippen LogP contribution in [-0.2, 0) is 0 Å². The molecule has 82 valence electrons. The molecule has 14 heavy (non-hydrogen) atoms. The molecule has 2 aliphatic rings. The van der Waals surface area contributed by atoms with Gasteiger partial charge < -0.3 is 5.11 Å². The molecule has 2 aliphatic heterocycles. The Balaban J connectivity index is 0.000000980. The van der Waals surface area contributed by atoms with E-state index in [1.807, 2.05) is 0 Å². The van der Waals surface area contributed by atoms with Crippen molar-refractivity contribution in [2.45, 2.75) is 38.6 Å². The van der Waals surface area contributed by atoms with Crippen molar-refractivity contribution in [3.8, 4) is 0 Å². The average molecular weight is 201 g/mol. The molecule has 0 aromatic rings. The molecule has 0 unspecified atom stereocenters. The molecule has 3 heteroatoms. The Morgan fingerprint density at radius 1 is 1.50 bits per heavy atom. The van der Waals surface area contributed by atoms with E-state index >= 15 is 0 Å². The molecule has 1 N–H and O–H groups in total. The van der Waals surface area contributed by atoms with Gasteiger partial charge in [-0.05, 0) is 39.7 Å². The molecule has 0 aromatic carbocycles. The SMILES string of the molecule is CC(C)=C1CN2CCC[C@@]2(CO)C1.F. The quantitative estimate of drug-likeness (QED) is 0.653. The zero-order chi connectivity index (χ0) is 9.47. The van der Waals surface area contributed by atoms with Gasteiger partial charge in [-0.25, -0.2) is 0 Å². The topological polar surface area (TPSA) is 23.5 Å². The van der Waals surface area contributed by atoms with Gasteiger partial charge in [-0.2, -0.15) is 0 Å². The number of fused-ring (bicyclic) bond motifs is 1. The van der Waals surface area contributed by atoms with Crippen molar-refractivity contribution in [1.29, 1.82) is 0 Å². The summed E-state index contributed by atoms with van der Waals surface area (Å²) in [6.45, 7) is 6.98. The van der Waals surface area contributed by atoms with Crippen LogP contribution in [-0.4, -0.2) is 35.2 Å². The van der Waals surface area contributed by atoms with Gasteiger partial charge in [0.1, 0.15) is 0 Å². The maximum atomic E-state index is 9.46. The zero-order valence-corrected chi connectivity index (χ0v) is 9.05. The number of nitrogens with zero attached hydrogens (tertiary/aromatic N) is 1. The van der Waals surface area contributed by atoms with Crippen LogP contribution >= 0.6 is 0 Å². The van der Waals surface area contributed by atoms with Crippen LogP contribution in [0.2, 0.25) is 0 Å². The highest BCUT2D eigenvalue weighted by Crippen LogP contribution is 2.41. The number of rotatable bonds is 1. The molecule has 2 heterocycles. The van der Waals surface area contributed by atoms with Gasteiger partial charge in [0, 0.05) is 12.1 Å². The molecule has 2 saturated heterocycles. The molecular formula is C11H20FNO. The summed E-state index contributed by atoms with van der Waals surface area (Å²) in [6.07, 6.45) is 3.54. The van der Waals surface area contributed by atoms with Crippen LogP contribution in [0.4, 0.5) is 4.70 Å². The molecule has 2 fully saturated rings. The van der Waals surface area contributed by atoms with Crippen LogP contribution in [0.5, 0.6) is 0 Å². The normalized spacial score (nSPS) is 31.5. The summed E-state index contributed by atoms with van der Waals surface area (Å²) in [4.78, 5) is 2.47. The first kappa shape index (κ1) is 11.7. The summed E-state index contributed by atoms with van der Waals surface area (Å²) < 4.78 is 0. The summed E-state index contributed by atoms with van der Waals surface area (Å²) in [6, 6.07) is 0. The smallest absolute Gasteiger partial charge is 0.0618 e. The monoisotopic (exact) mass is 201 g/mol. The molecule has 0 spiro atoms. The molecule has 0 saturated carbocycles. The second-order valence-electron chi connectivity index (χ2n) is 4.69. The van der Waals surface area contributed by atoms with Gasteiger partial charge in [0.25, 0.3) is 0 Å². The van der Waals surface area contributed by atoms with E-state index in [0.29, 0.717) is 6.61 Å². The maximum Gasteiger partial charge on any atom is 0.0618 e. The van der Waals surface area contributed by atoms with Crippen molar-refractivity contribution < 1.29 is 9.81 Å². The lowest BCUT2D eigenvalue weighted by molar-refractivity contribution is 0.1000. The van der Waals surface area contributed by atoms with Crippen LogP contribution in [0.15, 0.2) is 11.1 Å². The lowest BCUT2D eigenvalue weighted by Crippen LogP contribution is -2.41. The Hall–Kier alpha value is -0.410. The molecule has 0 aliphatic carbocycles. The van der Waals surface area contributed by atoms with E-state index in [4.69, 9.17) is 0 Å². The first-order valence-electron chi connectivity index (χ1n) is 5.19.